The van der Waals surface area contributed by atoms with E-state index in [4.69, 9.17) is 11.6 Å². The highest BCUT2D eigenvalue weighted by atomic mass is 35.5. The summed E-state index contributed by atoms with van der Waals surface area (Å²) in [6.45, 7) is 2.31. The summed E-state index contributed by atoms with van der Waals surface area (Å²) >= 11 is 7.54. The summed E-state index contributed by atoms with van der Waals surface area (Å²) in [6.07, 6.45) is 1.32. The third-order valence-corrected chi connectivity index (χ3v) is 4.64. The lowest BCUT2D eigenvalue weighted by Crippen LogP contribution is -2.23. The molecule has 1 N–H and O–H groups in total. The summed E-state index contributed by atoms with van der Waals surface area (Å²) in [5.41, 5.74) is 2.06. The molecule has 0 fully saturated rings. The second-order valence-electron chi connectivity index (χ2n) is 4.90. The third kappa shape index (κ3) is 3.15. The zero-order valence-electron chi connectivity index (χ0n) is 12.4. The van der Waals surface area contributed by atoms with Gasteiger partial charge >= 0.3 is 0 Å². The molecule has 0 unspecified atom stereocenters. The highest BCUT2D eigenvalue weighted by molar-refractivity contribution is 7.09. The summed E-state index contributed by atoms with van der Waals surface area (Å²) in [5, 5.41) is 6.78. The maximum Gasteiger partial charge on any atom is 0.292 e. The fourth-order valence-electron chi connectivity index (χ4n) is 2.05. The molecule has 0 bridgehead atoms. The van der Waals surface area contributed by atoms with Gasteiger partial charge in [0.1, 0.15) is 16.5 Å². The van der Waals surface area contributed by atoms with Crippen LogP contribution in [-0.4, -0.2) is 14.8 Å². The highest BCUT2D eigenvalue weighted by Crippen LogP contribution is 2.20. The van der Waals surface area contributed by atoms with Crippen molar-refractivity contribution in [2.45, 2.75) is 13.5 Å². The molecule has 24 heavy (non-hydrogen) atoms. The van der Waals surface area contributed by atoms with E-state index in [0.29, 0.717) is 18.3 Å². The first-order valence-corrected chi connectivity index (χ1v) is 8.09. The molecule has 124 valence electrons. The first kappa shape index (κ1) is 16.5. The lowest BCUT2D eigenvalue weighted by molar-refractivity contribution is 0.571. The SMILES string of the molecule is Cc1ncsc1CNc1cnn(-c2ccc(F)cc2F)c(=O)c1Cl. The minimum absolute atomic E-state index is 0.129. The van der Waals surface area contributed by atoms with Crippen LogP contribution in [-0.2, 0) is 6.54 Å². The van der Waals surface area contributed by atoms with Crippen LogP contribution in [0.5, 0.6) is 0 Å². The Morgan fingerprint density at radius 1 is 1.38 bits per heavy atom. The summed E-state index contributed by atoms with van der Waals surface area (Å²) in [5.74, 6) is -1.64. The molecule has 0 aliphatic heterocycles. The normalized spacial score (nSPS) is 10.8. The molecule has 5 nitrogen and oxygen atoms in total. The Kier molecular flexibility index (Phi) is 4.59. The minimum atomic E-state index is -0.901. The molecule has 0 radical (unpaired) electrons. The Labute approximate surface area is 144 Å². The predicted octanol–water partition coefficient (Wildman–Crippen LogP) is 3.54. The number of halogens is 3. The van der Waals surface area contributed by atoms with Crippen LogP contribution in [0.4, 0.5) is 14.5 Å². The van der Waals surface area contributed by atoms with Crippen molar-refractivity contribution >= 4 is 28.6 Å². The molecule has 2 heterocycles. The van der Waals surface area contributed by atoms with E-state index in [1.807, 2.05) is 6.92 Å². The maximum absolute atomic E-state index is 13.8. The molecule has 9 heteroatoms. The smallest absolute Gasteiger partial charge is 0.292 e. The summed E-state index contributed by atoms with van der Waals surface area (Å²) in [4.78, 5) is 17.4. The largest absolute Gasteiger partial charge is 0.377 e. The molecular formula is C15H11ClF2N4OS. The average Bonchev–Trinajstić information content (AvgIpc) is 2.95. The summed E-state index contributed by atoms with van der Waals surface area (Å²) in [7, 11) is 0. The molecular weight excluding hydrogens is 358 g/mol. The molecule has 0 aliphatic rings. The van der Waals surface area contributed by atoms with Gasteiger partial charge in [-0.2, -0.15) is 9.78 Å². The van der Waals surface area contributed by atoms with Crippen molar-refractivity contribution in [3.8, 4) is 5.69 Å². The molecule has 0 spiro atoms. The van der Waals surface area contributed by atoms with Crippen LogP contribution < -0.4 is 10.9 Å². The minimum Gasteiger partial charge on any atom is -0.377 e. The number of benzene rings is 1. The Hall–Kier alpha value is -2.32. The van der Waals surface area contributed by atoms with E-state index >= 15 is 0 Å². The number of hydrogen-bond acceptors (Lipinski definition) is 5. The van der Waals surface area contributed by atoms with E-state index < -0.39 is 17.2 Å². The van der Waals surface area contributed by atoms with Crippen molar-refractivity contribution in [2.75, 3.05) is 5.32 Å². The fourth-order valence-corrected chi connectivity index (χ4v) is 2.96. The van der Waals surface area contributed by atoms with Crippen LogP contribution in [0.15, 0.2) is 34.7 Å². The Morgan fingerprint density at radius 2 is 2.17 bits per heavy atom. The molecule has 1 aromatic carbocycles. The lowest BCUT2D eigenvalue weighted by Gasteiger charge is -2.10. The second-order valence-corrected chi connectivity index (χ2v) is 6.22. The van der Waals surface area contributed by atoms with Gasteiger partial charge in [0.25, 0.3) is 5.56 Å². The van der Waals surface area contributed by atoms with Gasteiger partial charge in [-0.15, -0.1) is 11.3 Å². The van der Waals surface area contributed by atoms with Gasteiger partial charge in [0.05, 0.1) is 29.6 Å². The van der Waals surface area contributed by atoms with Crippen molar-refractivity contribution < 1.29 is 8.78 Å². The van der Waals surface area contributed by atoms with Crippen LogP contribution in [0.25, 0.3) is 5.69 Å². The van der Waals surface area contributed by atoms with Gasteiger partial charge in [-0.1, -0.05) is 11.6 Å². The molecule has 3 rings (SSSR count). The number of nitrogens with one attached hydrogen (secondary N) is 1. The van der Waals surface area contributed by atoms with Gasteiger partial charge in [-0.3, -0.25) is 4.79 Å². The Balaban J connectivity index is 1.91. The number of rotatable bonds is 4. The van der Waals surface area contributed by atoms with Crippen LogP contribution in [0.1, 0.15) is 10.6 Å². The van der Waals surface area contributed by atoms with E-state index in [0.717, 1.165) is 27.4 Å². The summed E-state index contributed by atoms with van der Waals surface area (Å²) in [6, 6.07) is 2.85. The van der Waals surface area contributed by atoms with Crippen LogP contribution >= 0.6 is 22.9 Å². The van der Waals surface area contributed by atoms with Gasteiger partial charge in [-0.25, -0.2) is 13.8 Å². The van der Waals surface area contributed by atoms with E-state index in [1.165, 1.54) is 17.5 Å². The quantitative estimate of drug-likeness (QED) is 0.765. The van der Waals surface area contributed by atoms with Gasteiger partial charge < -0.3 is 5.32 Å². The van der Waals surface area contributed by atoms with Crippen LogP contribution in [0.2, 0.25) is 5.02 Å². The topological polar surface area (TPSA) is 59.8 Å². The van der Waals surface area contributed by atoms with E-state index in [2.05, 4.69) is 15.4 Å². The Morgan fingerprint density at radius 3 is 2.83 bits per heavy atom. The van der Waals surface area contributed by atoms with E-state index in [-0.39, 0.29) is 10.7 Å². The standard InChI is InChI=1S/C15H11ClF2N4OS/c1-8-13(24-7-20-8)6-19-11-5-21-22(15(23)14(11)16)12-3-2-9(17)4-10(12)18/h2-5,7,19H,6H2,1H3. The lowest BCUT2D eigenvalue weighted by atomic mass is 10.3. The fraction of sp³-hybridized carbons (Fsp3) is 0.133. The second kappa shape index (κ2) is 6.66. The van der Waals surface area contributed by atoms with Gasteiger partial charge in [0.15, 0.2) is 5.82 Å². The van der Waals surface area contributed by atoms with Crippen LogP contribution in [0.3, 0.4) is 0 Å². The number of nitrogens with zero attached hydrogens (tertiary/aromatic N) is 3. The number of thiazole rings is 1. The molecule has 0 amide bonds. The first-order chi connectivity index (χ1) is 11.5. The molecule has 0 saturated heterocycles. The van der Waals surface area contributed by atoms with E-state index in [9.17, 15) is 13.6 Å². The molecule has 0 atom stereocenters. The van der Waals surface area contributed by atoms with Crippen molar-refractivity contribution in [3.05, 3.63) is 67.5 Å². The van der Waals surface area contributed by atoms with Crippen molar-refractivity contribution in [2.24, 2.45) is 0 Å². The summed E-state index contributed by atoms with van der Waals surface area (Å²) < 4.78 is 27.6. The van der Waals surface area contributed by atoms with Crippen molar-refractivity contribution in [3.63, 3.8) is 0 Å². The number of hydrogen-bond donors (Lipinski definition) is 1. The zero-order valence-corrected chi connectivity index (χ0v) is 14.0. The number of anilines is 1. The number of aromatic nitrogens is 3. The monoisotopic (exact) mass is 368 g/mol. The van der Waals surface area contributed by atoms with E-state index in [1.54, 1.807) is 5.51 Å². The maximum atomic E-state index is 13.8. The van der Waals surface area contributed by atoms with Crippen molar-refractivity contribution in [1.29, 1.82) is 0 Å². The van der Waals surface area contributed by atoms with Gasteiger partial charge in [0.2, 0.25) is 0 Å². The molecule has 2 aromatic heterocycles. The van der Waals surface area contributed by atoms with Gasteiger partial charge in [-0.05, 0) is 19.1 Å². The Bertz CT molecular complexity index is 957. The predicted molar refractivity (Wildman–Crippen MR) is 88.9 cm³/mol. The molecule has 0 aliphatic carbocycles. The van der Waals surface area contributed by atoms with Crippen molar-refractivity contribution in [1.82, 2.24) is 14.8 Å². The van der Waals surface area contributed by atoms with Crippen LogP contribution in [0, 0.1) is 18.6 Å². The average molecular weight is 369 g/mol. The molecule has 0 saturated carbocycles. The highest BCUT2D eigenvalue weighted by Gasteiger charge is 2.14. The third-order valence-electron chi connectivity index (χ3n) is 3.34. The molecule has 3 aromatic rings. The number of aryl methyl sites for hydroxylation is 1. The first-order valence-electron chi connectivity index (χ1n) is 6.83. The zero-order chi connectivity index (χ0) is 17.3. The van der Waals surface area contributed by atoms with Gasteiger partial charge in [0, 0.05) is 10.9 Å².